The fourth-order valence-corrected chi connectivity index (χ4v) is 4.61. The van der Waals surface area contributed by atoms with Crippen LogP contribution < -0.4 is 31.3 Å². The molecule has 4 atom stereocenters. The first-order chi connectivity index (χ1) is 13.5. The van der Waals surface area contributed by atoms with Crippen molar-refractivity contribution in [2.75, 3.05) is 25.5 Å². The topological polar surface area (TPSA) is 69.4 Å². The van der Waals surface area contributed by atoms with Gasteiger partial charge >= 0.3 is 0 Å². The summed E-state index contributed by atoms with van der Waals surface area (Å²) in [5.41, 5.74) is 6.52. The summed E-state index contributed by atoms with van der Waals surface area (Å²) in [7, 11) is 2.01. The summed E-state index contributed by atoms with van der Waals surface area (Å²) in [6.07, 6.45) is 7.00. The lowest BCUT2D eigenvalue weighted by Crippen LogP contribution is -2.63. The molecule has 6 heteroatoms. The second-order valence-electron chi connectivity index (χ2n) is 8.48. The van der Waals surface area contributed by atoms with Gasteiger partial charge in [-0.25, -0.2) is 0 Å². The van der Waals surface area contributed by atoms with Gasteiger partial charge in [0.1, 0.15) is 12.0 Å². The Morgan fingerprint density at radius 3 is 2.82 bits per heavy atom. The van der Waals surface area contributed by atoms with Crippen LogP contribution in [0.25, 0.3) is 5.57 Å². The molecule has 1 fully saturated rings. The molecule has 4 rings (SSSR count). The van der Waals surface area contributed by atoms with E-state index >= 15 is 0 Å². The normalized spacial score (nSPS) is 30.2. The van der Waals surface area contributed by atoms with Gasteiger partial charge in [0.2, 0.25) is 0 Å². The van der Waals surface area contributed by atoms with Crippen molar-refractivity contribution in [1.29, 1.82) is 0 Å². The maximum atomic E-state index is 6.10. The minimum Gasteiger partial charge on any atom is -0.492 e. The Morgan fingerprint density at radius 1 is 1.14 bits per heavy atom. The van der Waals surface area contributed by atoms with Gasteiger partial charge in [-0.05, 0) is 64.3 Å². The lowest BCUT2D eigenvalue weighted by atomic mass is 9.91. The summed E-state index contributed by atoms with van der Waals surface area (Å²) >= 11 is 0. The molecule has 3 aliphatic heterocycles. The summed E-state index contributed by atoms with van der Waals surface area (Å²) in [5, 5.41) is 17.9. The van der Waals surface area contributed by atoms with E-state index in [2.05, 4.69) is 59.5 Å². The Balaban J connectivity index is 1.65. The molecule has 154 valence electrons. The zero-order valence-corrected chi connectivity index (χ0v) is 17.6. The van der Waals surface area contributed by atoms with Gasteiger partial charge in [0, 0.05) is 41.9 Å². The molecule has 5 N–H and O–H groups in total. The highest BCUT2D eigenvalue weighted by atomic mass is 16.5. The van der Waals surface area contributed by atoms with Crippen LogP contribution in [0.2, 0.25) is 0 Å². The largest absolute Gasteiger partial charge is 0.492 e. The van der Waals surface area contributed by atoms with E-state index in [0.717, 1.165) is 44.6 Å². The third kappa shape index (κ3) is 4.06. The van der Waals surface area contributed by atoms with E-state index in [4.69, 9.17) is 4.74 Å². The zero-order chi connectivity index (χ0) is 19.7. The lowest BCUT2D eigenvalue weighted by Gasteiger charge is -2.37. The van der Waals surface area contributed by atoms with E-state index < -0.39 is 0 Å². The van der Waals surface area contributed by atoms with Crippen molar-refractivity contribution in [2.24, 2.45) is 0 Å². The Labute approximate surface area is 168 Å². The van der Waals surface area contributed by atoms with Crippen molar-refractivity contribution in [2.45, 2.75) is 71.0 Å². The van der Waals surface area contributed by atoms with Gasteiger partial charge in [-0.2, -0.15) is 0 Å². The van der Waals surface area contributed by atoms with E-state index in [1.807, 2.05) is 7.05 Å². The first-order valence-electron chi connectivity index (χ1n) is 10.7. The second kappa shape index (κ2) is 8.41. The Hall–Kier alpha value is -1.60. The van der Waals surface area contributed by atoms with Gasteiger partial charge in [-0.15, -0.1) is 0 Å². The van der Waals surface area contributed by atoms with Crippen molar-refractivity contribution in [1.82, 2.24) is 21.3 Å². The molecule has 1 aromatic rings. The fourth-order valence-electron chi connectivity index (χ4n) is 4.61. The molecule has 0 bridgehead atoms. The van der Waals surface area contributed by atoms with Crippen LogP contribution in [0.1, 0.15) is 49.8 Å². The lowest BCUT2D eigenvalue weighted by molar-refractivity contribution is 0.249. The van der Waals surface area contributed by atoms with Crippen molar-refractivity contribution in [3.63, 3.8) is 0 Å². The van der Waals surface area contributed by atoms with Crippen molar-refractivity contribution >= 4 is 11.3 Å². The number of ether oxygens (including phenoxy) is 1. The Kier molecular flexibility index (Phi) is 5.92. The highest BCUT2D eigenvalue weighted by molar-refractivity contribution is 5.80. The molecule has 3 aliphatic rings. The molecule has 0 saturated carbocycles. The first kappa shape index (κ1) is 19.7. The summed E-state index contributed by atoms with van der Waals surface area (Å²) < 4.78 is 6.10. The van der Waals surface area contributed by atoms with E-state index in [-0.39, 0.29) is 6.29 Å². The molecule has 1 aromatic carbocycles. The van der Waals surface area contributed by atoms with Crippen LogP contribution in [-0.4, -0.2) is 44.7 Å². The van der Waals surface area contributed by atoms with Crippen LogP contribution in [0.15, 0.2) is 12.1 Å². The molecule has 0 spiro atoms. The number of fused-ring (bicyclic) bond motifs is 1. The molecule has 28 heavy (non-hydrogen) atoms. The fraction of sp³-hybridized carbons (Fsp3) is 0.636. The van der Waals surface area contributed by atoms with Crippen LogP contribution in [0.5, 0.6) is 5.75 Å². The monoisotopic (exact) mass is 385 g/mol. The van der Waals surface area contributed by atoms with Gasteiger partial charge in [-0.1, -0.05) is 6.08 Å². The SMILES string of the molecule is CNC1CC(C)NC(Nc2cc3c(c(C4=CCN[C@@H](C)CC4)c2C)OCC3)N1. The third-order valence-corrected chi connectivity index (χ3v) is 6.27. The van der Waals surface area contributed by atoms with Crippen LogP contribution in [0, 0.1) is 6.92 Å². The molecule has 3 unspecified atom stereocenters. The number of hydrogen-bond donors (Lipinski definition) is 5. The zero-order valence-electron chi connectivity index (χ0n) is 17.6. The van der Waals surface area contributed by atoms with Gasteiger partial charge < -0.3 is 20.7 Å². The van der Waals surface area contributed by atoms with Crippen LogP contribution in [0.3, 0.4) is 0 Å². The van der Waals surface area contributed by atoms with Crippen LogP contribution in [0.4, 0.5) is 5.69 Å². The minimum absolute atomic E-state index is 0.0397. The summed E-state index contributed by atoms with van der Waals surface area (Å²) in [6, 6.07) is 3.29. The number of benzene rings is 1. The van der Waals surface area contributed by atoms with E-state index in [0.29, 0.717) is 18.2 Å². The van der Waals surface area contributed by atoms with Gasteiger partial charge in [0.05, 0.1) is 12.8 Å². The van der Waals surface area contributed by atoms with Crippen molar-refractivity contribution < 1.29 is 4.74 Å². The number of anilines is 1. The molecule has 0 aromatic heterocycles. The summed E-state index contributed by atoms with van der Waals surface area (Å²) in [4.78, 5) is 0. The quantitative estimate of drug-likeness (QED) is 0.548. The van der Waals surface area contributed by atoms with E-state index in [9.17, 15) is 0 Å². The molecule has 0 amide bonds. The summed E-state index contributed by atoms with van der Waals surface area (Å²) in [6.45, 7) is 8.44. The molecule has 3 heterocycles. The van der Waals surface area contributed by atoms with Crippen molar-refractivity contribution in [3.8, 4) is 5.75 Å². The molecular formula is C22H35N5O. The smallest absolute Gasteiger partial charge is 0.133 e. The molecule has 0 radical (unpaired) electrons. The average molecular weight is 386 g/mol. The van der Waals surface area contributed by atoms with Gasteiger partial charge in [0.15, 0.2) is 0 Å². The van der Waals surface area contributed by atoms with Gasteiger partial charge in [-0.3, -0.25) is 10.6 Å². The maximum absolute atomic E-state index is 6.10. The molecular weight excluding hydrogens is 350 g/mol. The number of hydrogen-bond acceptors (Lipinski definition) is 6. The van der Waals surface area contributed by atoms with Crippen LogP contribution in [-0.2, 0) is 6.42 Å². The predicted molar refractivity (Wildman–Crippen MR) is 116 cm³/mol. The summed E-state index contributed by atoms with van der Waals surface area (Å²) in [5.74, 6) is 1.11. The standard InChI is InChI=1S/C22H35N5O/c1-13-5-6-16(7-9-24-13)20-15(3)18(12-17-8-10-28-21(17)20)26-22-25-14(2)11-19(23-4)27-22/h7,12-14,19,22-27H,5-6,8-11H2,1-4H3/t13-,14?,19?,22?/m0/s1. The van der Waals surface area contributed by atoms with Crippen molar-refractivity contribution in [3.05, 3.63) is 28.8 Å². The number of allylic oxidation sites excluding steroid dienone is 1. The maximum Gasteiger partial charge on any atom is 0.133 e. The molecule has 0 aliphatic carbocycles. The van der Waals surface area contributed by atoms with E-state index in [1.54, 1.807) is 0 Å². The predicted octanol–water partition coefficient (Wildman–Crippen LogP) is 2.30. The second-order valence-corrected chi connectivity index (χ2v) is 8.48. The minimum atomic E-state index is 0.0397. The third-order valence-electron chi connectivity index (χ3n) is 6.27. The highest BCUT2D eigenvalue weighted by Crippen LogP contribution is 2.42. The van der Waals surface area contributed by atoms with Gasteiger partial charge in [0.25, 0.3) is 0 Å². The molecule has 1 saturated heterocycles. The Morgan fingerprint density at radius 2 is 2.00 bits per heavy atom. The number of rotatable bonds is 4. The van der Waals surface area contributed by atoms with Crippen LogP contribution >= 0.6 is 0 Å². The number of nitrogens with one attached hydrogen (secondary N) is 5. The highest BCUT2D eigenvalue weighted by Gasteiger charge is 2.27. The van der Waals surface area contributed by atoms with E-state index in [1.165, 1.54) is 28.0 Å². The first-order valence-corrected chi connectivity index (χ1v) is 10.7. The Bertz CT molecular complexity index is 747. The average Bonchev–Trinajstić information content (AvgIpc) is 3.02. The molecule has 6 nitrogen and oxygen atoms in total.